The largest absolute Gasteiger partial charge is 0.310 e. The molecule has 0 bridgehead atoms. The van der Waals surface area contributed by atoms with Crippen molar-refractivity contribution in [1.29, 1.82) is 0 Å². The van der Waals surface area contributed by atoms with Gasteiger partial charge in [-0.2, -0.15) is 0 Å². The molecule has 0 unspecified atom stereocenters. The molecule has 0 aromatic heterocycles. The number of hydrogen-bond acceptors (Lipinski definition) is 1. The zero-order valence-corrected chi connectivity index (χ0v) is 18.4. The van der Waals surface area contributed by atoms with Gasteiger partial charge in [-0.1, -0.05) is 65.7 Å². The molecule has 0 N–H and O–H groups in total. The van der Waals surface area contributed by atoms with Crippen LogP contribution in [0.25, 0.3) is 0 Å². The van der Waals surface area contributed by atoms with E-state index in [1.165, 1.54) is 57.7 Å². The molecule has 1 heteroatoms. The molecule has 0 saturated heterocycles. The summed E-state index contributed by atoms with van der Waals surface area (Å²) in [6, 6.07) is 33.6. The summed E-state index contributed by atoms with van der Waals surface area (Å²) in [6.07, 6.45) is 4.65. The van der Waals surface area contributed by atoms with Crippen LogP contribution in [-0.4, -0.2) is 0 Å². The van der Waals surface area contributed by atoms with Crippen molar-refractivity contribution in [3.63, 3.8) is 0 Å². The van der Waals surface area contributed by atoms with Gasteiger partial charge in [0, 0.05) is 17.1 Å². The van der Waals surface area contributed by atoms with E-state index >= 15 is 0 Å². The van der Waals surface area contributed by atoms with E-state index in [2.05, 4.69) is 110 Å². The summed E-state index contributed by atoms with van der Waals surface area (Å²) in [7, 11) is 0. The smallest absolute Gasteiger partial charge is 0.0464 e. The molecule has 31 heavy (non-hydrogen) atoms. The summed E-state index contributed by atoms with van der Waals surface area (Å²) in [4.78, 5) is 2.35. The Hall–Kier alpha value is -3.32. The number of benzene rings is 4. The van der Waals surface area contributed by atoms with Gasteiger partial charge in [-0.05, 0) is 98.2 Å². The van der Waals surface area contributed by atoms with E-state index in [9.17, 15) is 0 Å². The molecule has 0 atom stereocenters. The van der Waals surface area contributed by atoms with Gasteiger partial charge in [0.25, 0.3) is 0 Å². The highest BCUT2D eigenvalue weighted by molar-refractivity contribution is 5.76. The molecule has 5 rings (SSSR count). The molecule has 0 radical (unpaired) electrons. The summed E-state index contributed by atoms with van der Waals surface area (Å²) in [5.41, 5.74) is 12.1. The minimum Gasteiger partial charge on any atom is -0.310 e. The van der Waals surface area contributed by atoms with Gasteiger partial charge in [-0.25, -0.2) is 0 Å². The fraction of sp³-hybridized carbons (Fsp3) is 0.200. The van der Waals surface area contributed by atoms with E-state index in [4.69, 9.17) is 0 Å². The van der Waals surface area contributed by atoms with Crippen molar-refractivity contribution >= 4 is 17.1 Å². The first-order valence-corrected chi connectivity index (χ1v) is 11.3. The van der Waals surface area contributed by atoms with Gasteiger partial charge in [-0.15, -0.1) is 0 Å². The van der Waals surface area contributed by atoms with Crippen LogP contribution >= 0.6 is 0 Å². The van der Waals surface area contributed by atoms with Gasteiger partial charge in [0.05, 0.1) is 0 Å². The molecular weight excluding hydrogens is 374 g/mol. The number of fused-ring (bicyclic) bond motifs is 1. The number of hydrogen-bond donors (Lipinski definition) is 0. The maximum Gasteiger partial charge on any atom is 0.0464 e. The highest BCUT2D eigenvalue weighted by Crippen LogP contribution is 2.35. The number of nitrogens with zero attached hydrogens (tertiary/aromatic N) is 1. The fourth-order valence-corrected chi connectivity index (χ4v) is 4.38. The lowest BCUT2D eigenvalue weighted by molar-refractivity contribution is 0.828. The van der Waals surface area contributed by atoms with E-state index in [-0.39, 0.29) is 0 Å². The molecule has 0 amide bonds. The first kappa shape index (κ1) is 19.6. The lowest BCUT2D eigenvalue weighted by atomic mass is 9.86. The Morgan fingerprint density at radius 1 is 0.548 bits per heavy atom. The molecule has 0 aliphatic heterocycles. The molecule has 154 valence electrons. The summed E-state index contributed by atoms with van der Waals surface area (Å²) in [5, 5.41) is 0. The zero-order valence-electron chi connectivity index (χ0n) is 18.4. The van der Waals surface area contributed by atoms with E-state index < -0.39 is 0 Å². The zero-order chi connectivity index (χ0) is 21.2. The predicted octanol–water partition coefficient (Wildman–Crippen LogP) is 7.66. The molecule has 1 aliphatic rings. The average Bonchev–Trinajstić information content (AvgIpc) is 2.77. The Morgan fingerprint density at radius 2 is 1.13 bits per heavy atom. The van der Waals surface area contributed by atoms with Gasteiger partial charge in [0.15, 0.2) is 0 Å². The van der Waals surface area contributed by atoms with Crippen molar-refractivity contribution in [3.8, 4) is 0 Å². The lowest BCUT2D eigenvalue weighted by Gasteiger charge is -2.26. The molecule has 0 saturated carbocycles. The monoisotopic (exact) mass is 403 g/mol. The van der Waals surface area contributed by atoms with Crippen LogP contribution in [-0.2, 0) is 25.7 Å². The molecule has 4 aromatic rings. The van der Waals surface area contributed by atoms with E-state index in [1.54, 1.807) is 5.56 Å². The Bertz CT molecular complexity index is 1140. The second kappa shape index (κ2) is 8.43. The third-order valence-corrected chi connectivity index (χ3v) is 6.39. The van der Waals surface area contributed by atoms with E-state index in [0.717, 1.165) is 12.8 Å². The third-order valence-electron chi connectivity index (χ3n) is 6.39. The summed E-state index contributed by atoms with van der Waals surface area (Å²) in [5.74, 6) is 0. The van der Waals surface area contributed by atoms with Crippen LogP contribution in [0.4, 0.5) is 17.1 Å². The minimum atomic E-state index is 1.06. The topological polar surface area (TPSA) is 3.24 Å². The SMILES string of the molecule is Cc1ccc(N(c2ccc(C)cc2)c2cccc(CCc3ccc4c(c3)CC4)c2)cc1. The fourth-order valence-electron chi connectivity index (χ4n) is 4.38. The van der Waals surface area contributed by atoms with Gasteiger partial charge in [0.2, 0.25) is 0 Å². The second-order valence-corrected chi connectivity index (χ2v) is 8.78. The minimum absolute atomic E-state index is 1.06. The quantitative estimate of drug-likeness (QED) is 0.319. The average molecular weight is 404 g/mol. The van der Waals surface area contributed by atoms with Crippen molar-refractivity contribution in [2.75, 3.05) is 4.90 Å². The predicted molar refractivity (Wildman–Crippen MR) is 132 cm³/mol. The highest BCUT2D eigenvalue weighted by Gasteiger charge is 2.14. The molecule has 4 aromatic carbocycles. The lowest BCUT2D eigenvalue weighted by Crippen LogP contribution is -2.10. The molecular formula is C30H29N. The van der Waals surface area contributed by atoms with Gasteiger partial charge in [0.1, 0.15) is 0 Å². The Morgan fingerprint density at radius 3 is 1.68 bits per heavy atom. The summed E-state index contributed by atoms with van der Waals surface area (Å²) < 4.78 is 0. The van der Waals surface area contributed by atoms with Crippen molar-refractivity contribution in [1.82, 2.24) is 0 Å². The molecule has 0 heterocycles. The highest BCUT2D eigenvalue weighted by atomic mass is 15.1. The van der Waals surface area contributed by atoms with Crippen molar-refractivity contribution in [2.24, 2.45) is 0 Å². The summed E-state index contributed by atoms with van der Waals surface area (Å²) in [6.45, 7) is 4.27. The van der Waals surface area contributed by atoms with Crippen LogP contribution in [0.1, 0.15) is 33.4 Å². The first-order valence-electron chi connectivity index (χ1n) is 11.3. The van der Waals surface area contributed by atoms with Crippen LogP contribution in [0.2, 0.25) is 0 Å². The van der Waals surface area contributed by atoms with Crippen molar-refractivity contribution in [3.05, 3.63) is 124 Å². The molecule has 0 spiro atoms. The van der Waals surface area contributed by atoms with Crippen molar-refractivity contribution < 1.29 is 0 Å². The molecule has 1 nitrogen and oxygen atoms in total. The van der Waals surface area contributed by atoms with Crippen molar-refractivity contribution in [2.45, 2.75) is 39.5 Å². The van der Waals surface area contributed by atoms with Gasteiger partial charge >= 0.3 is 0 Å². The normalized spacial score (nSPS) is 12.2. The van der Waals surface area contributed by atoms with E-state index in [0.29, 0.717) is 0 Å². The third kappa shape index (κ3) is 4.27. The maximum absolute atomic E-state index is 2.41. The number of aryl methyl sites for hydroxylation is 6. The van der Waals surface area contributed by atoms with Gasteiger partial charge < -0.3 is 4.90 Å². The maximum atomic E-state index is 2.41. The number of rotatable bonds is 6. The number of anilines is 3. The van der Waals surface area contributed by atoms with Crippen LogP contribution in [0.5, 0.6) is 0 Å². The molecule has 1 aliphatic carbocycles. The second-order valence-electron chi connectivity index (χ2n) is 8.78. The van der Waals surface area contributed by atoms with Crippen LogP contribution in [0.15, 0.2) is 91.0 Å². The molecule has 0 fully saturated rings. The van der Waals surface area contributed by atoms with Crippen LogP contribution in [0, 0.1) is 13.8 Å². The van der Waals surface area contributed by atoms with Gasteiger partial charge in [-0.3, -0.25) is 0 Å². The Balaban J connectivity index is 1.44. The Labute approximate surface area is 186 Å². The first-order chi connectivity index (χ1) is 15.2. The van der Waals surface area contributed by atoms with E-state index in [1.807, 2.05) is 0 Å². The van der Waals surface area contributed by atoms with Crippen LogP contribution < -0.4 is 4.90 Å². The standard InChI is InChI=1S/C30H29N/c1-22-6-16-28(17-7-22)31(29-18-8-23(2)9-19-29)30-5-3-4-24(21-30)10-11-25-12-13-26-14-15-27(26)20-25/h3-9,12-13,16-21H,10-11,14-15H2,1-2H3. The van der Waals surface area contributed by atoms with Crippen LogP contribution in [0.3, 0.4) is 0 Å². The Kier molecular flexibility index (Phi) is 5.34. The summed E-state index contributed by atoms with van der Waals surface area (Å²) >= 11 is 0.